The van der Waals surface area contributed by atoms with Gasteiger partial charge in [-0.2, -0.15) is 0 Å². The van der Waals surface area contributed by atoms with Crippen LogP contribution in [0.15, 0.2) is 12.7 Å². The molecule has 0 saturated carbocycles. The molecular formula is C18H28N8O5. The summed E-state index contributed by atoms with van der Waals surface area (Å²) in [5.74, 6) is -0.839. The van der Waals surface area contributed by atoms with E-state index in [-0.39, 0.29) is 18.3 Å². The second kappa shape index (κ2) is 8.98. The third-order valence-electron chi connectivity index (χ3n) is 6.01. The summed E-state index contributed by atoms with van der Waals surface area (Å²) in [5, 5.41) is 33.7. The summed E-state index contributed by atoms with van der Waals surface area (Å²) >= 11 is 0. The van der Waals surface area contributed by atoms with Gasteiger partial charge in [0.2, 0.25) is 0 Å². The molecule has 31 heavy (non-hydrogen) atoms. The SMILES string of the molecule is Nc1ncnc2c1ncn2[C@@H]1O[C@H](CN(CCC(N)C(=O)O)C2CCNC2)[C@@H](O)[C@H]1O. The van der Waals surface area contributed by atoms with Crippen LogP contribution < -0.4 is 16.8 Å². The van der Waals surface area contributed by atoms with Crippen molar-refractivity contribution in [3.63, 3.8) is 0 Å². The van der Waals surface area contributed by atoms with Gasteiger partial charge in [-0.05, 0) is 19.4 Å². The lowest BCUT2D eigenvalue weighted by Crippen LogP contribution is -2.47. The number of carboxylic acids is 1. The van der Waals surface area contributed by atoms with Crippen molar-refractivity contribution in [2.45, 2.75) is 49.5 Å². The number of aliphatic hydroxyl groups is 2. The Morgan fingerprint density at radius 2 is 2.16 bits per heavy atom. The number of nitrogens with one attached hydrogen (secondary N) is 1. The average Bonchev–Trinajstić information content (AvgIpc) is 3.47. The minimum atomic E-state index is -1.21. The number of ether oxygens (including phenoxy) is 1. The Morgan fingerprint density at radius 3 is 2.87 bits per heavy atom. The van der Waals surface area contributed by atoms with Crippen LogP contribution in [0.4, 0.5) is 5.82 Å². The van der Waals surface area contributed by atoms with Crippen LogP contribution in [-0.2, 0) is 9.53 Å². The van der Waals surface area contributed by atoms with Crippen LogP contribution in [-0.4, -0.2) is 102 Å². The molecule has 2 aliphatic heterocycles. The van der Waals surface area contributed by atoms with Crippen molar-refractivity contribution < 1.29 is 24.9 Å². The molecule has 0 spiro atoms. The maximum atomic E-state index is 11.1. The second-order valence-corrected chi connectivity index (χ2v) is 8.00. The van der Waals surface area contributed by atoms with Crippen molar-refractivity contribution in [1.29, 1.82) is 0 Å². The van der Waals surface area contributed by atoms with Crippen LogP contribution in [0.5, 0.6) is 0 Å². The Labute approximate surface area is 178 Å². The molecule has 2 unspecified atom stereocenters. The van der Waals surface area contributed by atoms with Crippen LogP contribution in [0.1, 0.15) is 19.1 Å². The van der Waals surface area contributed by atoms with Gasteiger partial charge in [-0.15, -0.1) is 0 Å². The van der Waals surface area contributed by atoms with E-state index in [1.165, 1.54) is 17.2 Å². The number of carbonyl (C=O) groups is 1. The monoisotopic (exact) mass is 436 g/mol. The quantitative estimate of drug-likeness (QED) is 0.254. The first-order chi connectivity index (χ1) is 14.9. The number of hydrogen-bond acceptors (Lipinski definition) is 11. The summed E-state index contributed by atoms with van der Waals surface area (Å²) in [4.78, 5) is 25.4. The lowest BCUT2D eigenvalue weighted by Gasteiger charge is -2.31. The Kier molecular flexibility index (Phi) is 6.31. The van der Waals surface area contributed by atoms with E-state index in [1.807, 2.05) is 0 Å². The fraction of sp³-hybridized carbons (Fsp3) is 0.667. The maximum Gasteiger partial charge on any atom is 0.320 e. The summed E-state index contributed by atoms with van der Waals surface area (Å²) in [7, 11) is 0. The molecule has 0 radical (unpaired) electrons. The molecule has 4 rings (SSSR count). The molecule has 13 nitrogen and oxygen atoms in total. The van der Waals surface area contributed by atoms with Crippen molar-refractivity contribution in [2.24, 2.45) is 5.73 Å². The summed E-state index contributed by atoms with van der Waals surface area (Å²) in [6.07, 6.45) is -0.0467. The highest BCUT2D eigenvalue weighted by Crippen LogP contribution is 2.32. The number of nitrogens with zero attached hydrogens (tertiary/aromatic N) is 5. The van der Waals surface area contributed by atoms with E-state index < -0.39 is 36.6 Å². The predicted molar refractivity (Wildman–Crippen MR) is 109 cm³/mol. The molecule has 4 heterocycles. The molecule has 2 aromatic heterocycles. The van der Waals surface area contributed by atoms with Crippen LogP contribution in [0.3, 0.4) is 0 Å². The molecule has 0 aliphatic carbocycles. The zero-order valence-corrected chi connectivity index (χ0v) is 16.9. The normalized spacial score (nSPS) is 29.7. The number of carboxylic acid groups (broad SMARTS) is 1. The number of aromatic nitrogens is 4. The van der Waals surface area contributed by atoms with E-state index in [4.69, 9.17) is 21.3 Å². The van der Waals surface area contributed by atoms with Gasteiger partial charge in [-0.1, -0.05) is 0 Å². The molecule has 8 N–H and O–H groups in total. The van der Waals surface area contributed by atoms with Gasteiger partial charge in [0.05, 0.1) is 6.33 Å². The molecule has 0 amide bonds. The zero-order chi connectivity index (χ0) is 22.1. The zero-order valence-electron chi connectivity index (χ0n) is 16.9. The van der Waals surface area contributed by atoms with Crippen LogP contribution >= 0.6 is 0 Å². The fourth-order valence-corrected chi connectivity index (χ4v) is 4.20. The highest BCUT2D eigenvalue weighted by atomic mass is 16.6. The first kappa shape index (κ1) is 21.8. The van der Waals surface area contributed by atoms with Gasteiger partial charge in [-0.3, -0.25) is 14.3 Å². The number of aliphatic carboxylic acids is 1. The van der Waals surface area contributed by atoms with E-state index in [0.717, 1.165) is 19.5 Å². The molecule has 2 aliphatic rings. The van der Waals surface area contributed by atoms with Gasteiger partial charge in [0.1, 0.15) is 36.2 Å². The van der Waals surface area contributed by atoms with Crippen LogP contribution in [0.2, 0.25) is 0 Å². The Bertz CT molecular complexity index is 919. The highest BCUT2D eigenvalue weighted by molar-refractivity contribution is 5.81. The van der Waals surface area contributed by atoms with Crippen molar-refractivity contribution in [3.05, 3.63) is 12.7 Å². The van der Waals surface area contributed by atoms with Gasteiger partial charge in [0.15, 0.2) is 17.7 Å². The molecule has 13 heteroatoms. The van der Waals surface area contributed by atoms with E-state index in [1.54, 1.807) is 0 Å². The number of fused-ring (bicyclic) bond motifs is 1. The van der Waals surface area contributed by atoms with Crippen LogP contribution in [0.25, 0.3) is 11.2 Å². The predicted octanol–water partition coefficient (Wildman–Crippen LogP) is -2.51. The lowest BCUT2D eigenvalue weighted by atomic mass is 10.1. The smallest absolute Gasteiger partial charge is 0.320 e. The number of imidazole rings is 1. The van der Waals surface area contributed by atoms with Gasteiger partial charge in [0, 0.05) is 25.7 Å². The standard InChI is InChI=1S/C18H28N8O5/c19-10(18(29)30)2-4-25(9-1-3-21-5-9)6-11-13(27)14(28)17(31-11)26-8-24-12-15(20)22-7-23-16(12)26/h7-11,13-14,17,21,27-28H,1-6,19H2,(H,29,30)(H2,20,22,23)/t9?,10?,11-,13-,14-,17-/m1/s1. The summed E-state index contributed by atoms with van der Waals surface area (Å²) < 4.78 is 7.57. The molecule has 2 saturated heterocycles. The molecule has 2 fully saturated rings. The van der Waals surface area contributed by atoms with E-state index >= 15 is 0 Å². The largest absolute Gasteiger partial charge is 0.480 e. The third kappa shape index (κ3) is 4.33. The molecule has 2 aromatic rings. The lowest BCUT2D eigenvalue weighted by molar-refractivity contribution is -0.138. The fourth-order valence-electron chi connectivity index (χ4n) is 4.20. The highest BCUT2D eigenvalue weighted by Gasteiger charge is 2.45. The minimum absolute atomic E-state index is 0.162. The van der Waals surface area contributed by atoms with Crippen LogP contribution in [0, 0.1) is 0 Å². The third-order valence-corrected chi connectivity index (χ3v) is 6.01. The van der Waals surface area contributed by atoms with E-state index in [0.29, 0.717) is 24.3 Å². The van der Waals surface area contributed by atoms with Crippen molar-refractivity contribution >= 4 is 23.0 Å². The summed E-state index contributed by atoms with van der Waals surface area (Å²) in [6, 6.07) is -0.804. The summed E-state index contributed by atoms with van der Waals surface area (Å²) in [6.45, 7) is 2.36. The Morgan fingerprint density at radius 1 is 1.35 bits per heavy atom. The Balaban J connectivity index is 1.50. The number of nitrogen functional groups attached to an aromatic ring is 1. The van der Waals surface area contributed by atoms with E-state index in [9.17, 15) is 15.0 Å². The molecular weight excluding hydrogens is 408 g/mol. The molecule has 0 aromatic carbocycles. The minimum Gasteiger partial charge on any atom is -0.480 e. The number of aliphatic hydroxyl groups excluding tert-OH is 2. The number of hydrogen-bond donors (Lipinski definition) is 6. The van der Waals surface area contributed by atoms with Crippen molar-refractivity contribution in [2.75, 3.05) is 31.9 Å². The van der Waals surface area contributed by atoms with Crippen molar-refractivity contribution in [3.8, 4) is 0 Å². The number of rotatable bonds is 8. The molecule has 170 valence electrons. The van der Waals surface area contributed by atoms with E-state index in [2.05, 4.69) is 25.2 Å². The average molecular weight is 436 g/mol. The maximum absolute atomic E-state index is 11.1. The molecule has 6 atom stereocenters. The first-order valence-corrected chi connectivity index (χ1v) is 10.2. The second-order valence-electron chi connectivity index (χ2n) is 8.00. The van der Waals surface area contributed by atoms with Gasteiger partial charge < -0.3 is 36.8 Å². The van der Waals surface area contributed by atoms with Crippen molar-refractivity contribution in [1.82, 2.24) is 29.7 Å². The van der Waals surface area contributed by atoms with Gasteiger partial charge >= 0.3 is 5.97 Å². The van der Waals surface area contributed by atoms with Gasteiger partial charge in [-0.25, -0.2) is 15.0 Å². The molecule has 0 bridgehead atoms. The number of nitrogens with two attached hydrogens (primary N) is 2. The Hall–Kier alpha value is -2.42. The topological polar surface area (TPSA) is 198 Å². The first-order valence-electron chi connectivity index (χ1n) is 10.2. The number of anilines is 1. The summed E-state index contributed by atoms with van der Waals surface area (Å²) in [5.41, 5.74) is 12.3. The van der Waals surface area contributed by atoms with Gasteiger partial charge in [0.25, 0.3) is 0 Å².